The van der Waals surface area contributed by atoms with E-state index in [1.165, 1.54) is 11.4 Å². The quantitative estimate of drug-likeness (QED) is 0.932. The number of anilines is 1. The molecule has 1 saturated carbocycles. The smallest absolute Gasteiger partial charge is 0.267 e. The Morgan fingerprint density at radius 3 is 2.65 bits per heavy atom. The summed E-state index contributed by atoms with van der Waals surface area (Å²) in [7, 11) is 0. The second kappa shape index (κ2) is 6.94. The molecule has 1 heterocycles. The molecule has 5 nitrogen and oxygen atoms in total. The van der Waals surface area contributed by atoms with Crippen molar-refractivity contribution in [1.82, 2.24) is 5.32 Å². The predicted molar refractivity (Wildman–Crippen MR) is 90.2 cm³/mol. The van der Waals surface area contributed by atoms with Gasteiger partial charge in [0.05, 0.1) is 5.69 Å². The molecule has 2 atom stereocenters. The summed E-state index contributed by atoms with van der Waals surface area (Å²) in [4.78, 5) is 24.6. The zero-order valence-electron chi connectivity index (χ0n) is 13.5. The summed E-state index contributed by atoms with van der Waals surface area (Å²) in [6.07, 6.45) is 5.32. The molecule has 0 aromatic heterocycles. The average molecular weight is 313 g/mol. The van der Waals surface area contributed by atoms with Gasteiger partial charge in [-0.15, -0.1) is 0 Å². The Balaban J connectivity index is 1.73. The molecule has 1 aromatic carbocycles. The molecule has 122 valence electrons. The lowest BCUT2D eigenvalue weighted by Crippen LogP contribution is -2.46. The summed E-state index contributed by atoms with van der Waals surface area (Å²) < 4.78 is 0. The summed E-state index contributed by atoms with van der Waals surface area (Å²) >= 11 is 0. The van der Waals surface area contributed by atoms with E-state index < -0.39 is 0 Å². The molecule has 0 bridgehead atoms. The summed E-state index contributed by atoms with van der Waals surface area (Å²) in [6.45, 7) is 2.19. The van der Waals surface area contributed by atoms with Gasteiger partial charge in [0.25, 0.3) is 5.91 Å². The third-order valence-electron chi connectivity index (χ3n) is 4.72. The lowest BCUT2D eigenvalue weighted by atomic mass is 9.86. The van der Waals surface area contributed by atoms with Crippen molar-refractivity contribution in [3.05, 3.63) is 30.3 Å². The second-order valence-electron chi connectivity index (χ2n) is 6.43. The molecule has 0 spiro atoms. The van der Waals surface area contributed by atoms with E-state index in [2.05, 4.69) is 17.3 Å². The molecule has 3 rings (SSSR count). The predicted octanol–water partition coefficient (Wildman–Crippen LogP) is 2.86. The van der Waals surface area contributed by atoms with Crippen molar-refractivity contribution in [2.24, 2.45) is 11.0 Å². The Hall–Kier alpha value is -2.17. The topological polar surface area (TPSA) is 61.8 Å². The maximum Gasteiger partial charge on any atom is 0.267 e. The average Bonchev–Trinajstić information content (AvgIpc) is 2.58. The molecule has 1 aromatic rings. The maximum absolute atomic E-state index is 12.5. The molecule has 1 N–H and O–H groups in total. The molecule has 1 aliphatic carbocycles. The SMILES string of the molecule is CC1CCCCC1NC(=O)C1=NN(c2ccccc2)C(=O)CC1. The van der Waals surface area contributed by atoms with Crippen LogP contribution in [0.3, 0.4) is 0 Å². The Kier molecular flexibility index (Phi) is 4.74. The Bertz CT molecular complexity index is 612. The molecule has 0 radical (unpaired) electrons. The molecule has 1 aliphatic heterocycles. The molecule has 23 heavy (non-hydrogen) atoms. The number of nitrogens with one attached hydrogen (secondary N) is 1. The molecular formula is C18H23N3O2. The van der Waals surface area contributed by atoms with Gasteiger partial charge in [-0.3, -0.25) is 9.59 Å². The highest BCUT2D eigenvalue weighted by molar-refractivity contribution is 6.40. The van der Waals surface area contributed by atoms with Gasteiger partial charge in [-0.25, -0.2) is 5.01 Å². The van der Waals surface area contributed by atoms with Crippen molar-refractivity contribution in [2.75, 3.05) is 5.01 Å². The zero-order valence-corrected chi connectivity index (χ0v) is 13.5. The largest absolute Gasteiger partial charge is 0.348 e. The van der Waals surface area contributed by atoms with Gasteiger partial charge in [0.1, 0.15) is 5.71 Å². The first kappa shape index (κ1) is 15.7. The lowest BCUT2D eigenvalue weighted by Gasteiger charge is -2.30. The lowest BCUT2D eigenvalue weighted by molar-refractivity contribution is -0.119. The van der Waals surface area contributed by atoms with Crippen molar-refractivity contribution >= 4 is 23.2 Å². The van der Waals surface area contributed by atoms with Crippen molar-refractivity contribution in [2.45, 2.75) is 51.5 Å². The Labute approximate surface area is 136 Å². The number of hydrogen-bond acceptors (Lipinski definition) is 3. The molecule has 2 amide bonds. The fourth-order valence-corrected chi connectivity index (χ4v) is 3.27. The number of carbonyl (C=O) groups is 2. The van der Waals surface area contributed by atoms with Gasteiger partial charge in [-0.2, -0.15) is 5.10 Å². The van der Waals surface area contributed by atoms with Crippen LogP contribution in [-0.2, 0) is 9.59 Å². The monoisotopic (exact) mass is 313 g/mol. The maximum atomic E-state index is 12.5. The fourth-order valence-electron chi connectivity index (χ4n) is 3.27. The standard InChI is InChI=1S/C18H23N3O2/c1-13-7-5-6-10-15(13)19-18(23)16-11-12-17(22)21(20-16)14-8-3-2-4-9-14/h2-4,8-9,13,15H,5-7,10-12H2,1H3,(H,19,23). The van der Waals surface area contributed by atoms with Crippen LogP contribution >= 0.6 is 0 Å². The van der Waals surface area contributed by atoms with Gasteiger partial charge < -0.3 is 5.32 Å². The summed E-state index contributed by atoms with van der Waals surface area (Å²) in [5.41, 5.74) is 1.15. The highest BCUT2D eigenvalue weighted by Crippen LogP contribution is 2.24. The summed E-state index contributed by atoms with van der Waals surface area (Å²) in [5, 5.41) is 8.78. The van der Waals surface area contributed by atoms with E-state index in [1.54, 1.807) is 0 Å². The number of hydrogen-bond donors (Lipinski definition) is 1. The molecular weight excluding hydrogens is 290 g/mol. The third-order valence-corrected chi connectivity index (χ3v) is 4.72. The van der Waals surface area contributed by atoms with Crippen LogP contribution in [0.2, 0.25) is 0 Å². The van der Waals surface area contributed by atoms with Crippen LogP contribution in [0, 0.1) is 5.92 Å². The first-order valence-electron chi connectivity index (χ1n) is 8.41. The molecule has 1 fully saturated rings. The van der Waals surface area contributed by atoms with E-state index in [-0.39, 0.29) is 17.9 Å². The number of benzene rings is 1. The number of nitrogens with zero attached hydrogens (tertiary/aromatic N) is 2. The van der Waals surface area contributed by atoms with Crippen molar-refractivity contribution in [3.63, 3.8) is 0 Å². The number of hydrazone groups is 1. The minimum atomic E-state index is -0.128. The van der Waals surface area contributed by atoms with E-state index >= 15 is 0 Å². The van der Waals surface area contributed by atoms with Crippen molar-refractivity contribution in [1.29, 1.82) is 0 Å². The third kappa shape index (κ3) is 3.60. The van der Waals surface area contributed by atoms with Crippen LogP contribution < -0.4 is 10.3 Å². The van der Waals surface area contributed by atoms with E-state index in [0.717, 1.165) is 19.3 Å². The van der Waals surface area contributed by atoms with E-state index in [1.807, 2.05) is 30.3 Å². The first-order chi connectivity index (χ1) is 11.1. The highest BCUT2D eigenvalue weighted by atomic mass is 16.2. The van der Waals surface area contributed by atoms with Crippen LogP contribution in [0.15, 0.2) is 35.4 Å². The minimum Gasteiger partial charge on any atom is -0.348 e. The van der Waals surface area contributed by atoms with Gasteiger partial charge in [0.15, 0.2) is 0 Å². The van der Waals surface area contributed by atoms with Crippen molar-refractivity contribution in [3.8, 4) is 0 Å². The molecule has 2 aliphatic rings. The number of rotatable bonds is 3. The Morgan fingerprint density at radius 2 is 1.91 bits per heavy atom. The normalized spacial score (nSPS) is 25.0. The van der Waals surface area contributed by atoms with Crippen LogP contribution in [0.5, 0.6) is 0 Å². The van der Waals surface area contributed by atoms with Gasteiger partial charge >= 0.3 is 0 Å². The fraction of sp³-hybridized carbons (Fsp3) is 0.500. The van der Waals surface area contributed by atoms with E-state index in [0.29, 0.717) is 30.2 Å². The van der Waals surface area contributed by atoms with Gasteiger partial charge in [0, 0.05) is 18.9 Å². The Morgan fingerprint density at radius 1 is 1.17 bits per heavy atom. The van der Waals surface area contributed by atoms with Crippen LogP contribution in [-0.4, -0.2) is 23.6 Å². The van der Waals surface area contributed by atoms with Gasteiger partial charge in [-0.05, 0) is 30.9 Å². The number of amides is 2. The van der Waals surface area contributed by atoms with Gasteiger partial charge in [-0.1, -0.05) is 38.0 Å². The van der Waals surface area contributed by atoms with E-state index in [4.69, 9.17) is 0 Å². The first-order valence-corrected chi connectivity index (χ1v) is 8.41. The van der Waals surface area contributed by atoms with Crippen LogP contribution in [0.4, 0.5) is 5.69 Å². The van der Waals surface area contributed by atoms with Crippen LogP contribution in [0.1, 0.15) is 45.4 Å². The molecule has 2 unspecified atom stereocenters. The van der Waals surface area contributed by atoms with Gasteiger partial charge in [0.2, 0.25) is 5.91 Å². The summed E-state index contributed by atoms with van der Waals surface area (Å²) in [6, 6.07) is 9.48. The molecule has 5 heteroatoms. The van der Waals surface area contributed by atoms with E-state index in [9.17, 15) is 9.59 Å². The minimum absolute atomic E-state index is 0.0706. The second-order valence-corrected chi connectivity index (χ2v) is 6.43. The highest BCUT2D eigenvalue weighted by Gasteiger charge is 2.28. The molecule has 0 saturated heterocycles. The zero-order chi connectivity index (χ0) is 16.2. The summed E-state index contributed by atoms with van der Waals surface area (Å²) in [5.74, 6) is 0.305. The van der Waals surface area contributed by atoms with Crippen molar-refractivity contribution < 1.29 is 9.59 Å². The number of carbonyl (C=O) groups excluding carboxylic acids is 2. The van der Waals surface area contributed by atoms with Crippen LogP contribution in [0.25, 0.3) is 0 Å². The number of para-hydroxylation sites is 1.